The van der Waals surface area contributed by atoms with Gasteiger partial charge in [0, 0.05) is 38.2 Å². The van der Waals surface area contributed by atoms with Crippen molar-refractivity contribution in [2.75, 3.05) is 45.9 Å². The van der Waals surface area contributed by atoms with Gasteiger partial charge in [-0.2, -0.15) is 0 Å². The van der Waals surface area contributed by atoms with Crippen LogP contribution in [0.5, 0.6) is 0 Å². The van der Waals surface area contributed by atoms with E-state index in [1.165, 1.54) is 12.1 Å². The monoisotopic (exact) mass is 294 g/mol. The van der Waals surface area contributed by atoms with Gasteiger partial charge in [0.1, 0.15) is 5.82 Å². The van der Waals surface area contributed by atoms with Crippen LogP contribution in [0.1, 0.15) is 23.2 Å². The summed E-state index contributed by atoms with van der Waals surface area (Å²) in [7, 11) is 0. The van der Waals surface area contributed by atoms with Crippen LogP contribution in [-0.4, -0.2) is 66.6 Å². The Morgan fingerprint density at radius 1 is 1.05 bits per heavy atom. The van der Waals surface area contributed by atoms with Gasteiger partial charge in [0.2, 0.25) is 0 Å². The molecule has 0 bridgehead atoms. The first-order chi connectivity index (χ1) is 10.2. The summed E-state index contributed by atoms with van der Waals surface area (Å²) in [5, 5.41) is 8.97. The number of carbonyl (C=O) groups is 1. The van der Waals surface area contributed by atoms with E-state index in [0.29, 0.717) is 12.0 Å². The van der Waals surface area contributed by atoms with Gasteiger partial charge in [-0.25, -0.2) is 4.39 Å². The summed E-state index contributed by atoms with van der Waals surface area (Å²) < 4.78 is 12.8. The predicted octanol–water partition coefficient (Wildman–Crippen LogP) is 1.40. The molecule has 0 radical (unpaired) electrons. The molecule has 21 heavy (non-hydrogen) atoms. The average Bonchev–Trinajstić information content (AvgIpc) is 2.71. The highest BCUT2D eigenvalue weighted by Gasteiger charge is 2.15. The second kappa shape index (κ2) is 8.22. The Hall–Kier alpha value is -1.30. The first kappa shape index (κ1) is 16.1. The standard InChI is InChI=1S/C16H23FN2O2/c17-15-4-2-14(3-5-15)16(21)6-9-18-7-1-8-19(11-10-18)12-13-20/h2-5,20H,1,6-13H2. The Labute approximate surface area is 125 Å². The van der Waals surface area contributed by atoms with Crippen LogP contribution < -0.4 is 0 Å². The number of rotatable bonds is 6. The van der Waals surface area contributed by atoms with Crippen LogP contribution in [0.4, 0.5) is 4.39 Å². The largest absolute Gasteiger partial charge is 0.395 e. The molecule has 2 rings (SSSR count). The molecule has 1 fully saturated rings. The Morgan fingerprint density at radius 2 is 1.67 bits per heavy atom. The molecule has 116 valence electrons. The number of aliphatic hydroxyl groups is 1. The fourth-order valence-corrected chi connectivity index (χ4v) is 2.65. The highest BCUT2D eigenvalue weighted by molar-refractivity contribution is 5.96. The summed E-state index contributed by atoms with van der Waals surface area (Å²) in [6.45, 7) is 5.51. The van der Waals surface area contributed by atoms with Crippen LogP contribution in [0.25, 0.3) is 0 Å². The van der Waals surface area contributed by atoms with Crippen molar-refractivity contribution in [3.8, 4) is 0 Å². The lowest BCUT2D eigenvalue weighted by atomic mass is 10.1. The van der Waals surface area contributed by atoms with Crippen LogP contribution in [0.3, 0.4) is 0 Å². The van der Waals surface area contributed by atoms with Crippen molar-refractivity contribution in [3.63, 3.8) is 0 Å². The molecule has 0 unspecified atom stereocenters. The van der Waals surface area contributed by atoms with Gasteiger partial charge >= 0.3 is 0 Å². The number of Topliss-reactive ketones (excluding diaryl/α,β-unsaturated/α-hetero) is 1. The van der Waals surface area contributed by atoms with Gasteiger partial charge in [-0.1, -0.05) is 0 Å². The molecule has 0 atom stereocenters. The molecule has 4 nitrogen and oxygen atoms in total. The smallest absolute Gasteiger partial charge is 0.164 e. The first-order valence-corrected chi connectivity index (χ1v) is 7.53. The Morgan fingerprint density at radius 3 is 2.29 bits per heavy atom. The summed E-state index contributed by atoms with van der Waals surface area (Å²) in [5.74, 6) is -0.255. The van der Waals surface area contributed by atoms with Crippen molar-refractivity contribution in [3.05, 3.63) is 35.6 Å². The molecule has 1 N–H and O–H groups in total. The number of hydrogen-bond acceptors (Lipinski definition) is 4. The molecule has 0 aliphatic carbocycles. The minimum absolute atomic E-state index is 0.0615. The van der Waals surface area contributed by atoms with E-state index in [1.54, 1.807) is 12.1 Å². The number of hydrogen-bond donors (Lipinski definition) is 1. The van der Waals surface area contributed by atoms with Gasteiger partial charge in [-0.15, -0.1) is 0 Å². The Bertz CT molecular complexity index is 450. The van der Waals surface area contributed by atoms with Crippen LogP contribution in [0.15, 0.2) is 24.3 Å². The number of β-amino-alcohol motifs (C(OH)–C–C–N with tert-alkyl or cyclic N) is 1. The van der Waals surface area contributed by atoms with E-state index >= 15 is 0 Å². The van der Waals surface area contributed by atoms with Crippen LogP contribution >= 0.6 is 0 Å². The molecule has 1 aliphatic rings. The van der Waals surface area contributed by atoms with Crippen LogP contribution in [-0.2, 0) is 0 Å². The molecule has 0 saturated carbocycles. The molecule has 1 aliphatic heterocycles. The second-order valence-corrected chi connectivity index (χ2v) is 5.44. The zero-order valence-electron chi connectivity index (χ0n) is 12.3. The van der Waals surface area contributed by atoms with E-state index in [9.17, 15) is 9.18 Å². The van der Waals surface area contributed by atoms with Crippen LogP contribution in [0.2, 0.25) is 0 Å². The number of nitrogens with zero attached hydrogens (tertiary/aromatic N) is 2. The van der Waals surface area contributed by atoms with Crippen molar-refractivity contribution in [2.24, 2.45) is 0 Å². The minimum atomic E-state index is -0.317. The molecule has 1 aromatic rings. The third-order valence-corrected chi connectivity index (χ3v) is 3.92. The van der Waals surface area contributed by atoms with Gasteiger partial charge in [-0.05, 0) is 43.8 Å². The Kier molecular flexibility index (Phi) is 6.29. The highest BCUT2D eigenvalue weighted by atomic mass is 19.1. The topological polar surface area (TPSA) is 43.8 Å². The van der Waals surface area contributed by atoms with Gasteiger partial charge in [0.05, 0.1) is 6.61 Å². The number of halogens is 1. The fourth-order valence-electron chi connectivity index (χ4n) is 2.65. The summed E-state index contributed by atoms with van der Waals surface area (Å²) in [6.07, 6.45) is 1.52. The van der Waals surface area contributed by atoms with Crippen LogP contribution in [0, 0.1) is 5.82 Å². The highest BCUT2D eigenvalue weighted by Crippen LogP contribution is 2.08. The van der Waals surface area contributed by atoms with E-state index in [4.69, 9.17) is 5.11 Å². The molecule has 1 heterocycles. The molecule has 0 amide bonds. The molecule has 0 spiro atoms. The van der Waals surface area contributed by atoms with E-state index in [2.05, 4.69) is 9.80 Å². The lowest BCUT2D eigenvalue weighted by Gasteiger charge is -2.20. The predicted molar refractivity (Wildman–Crippen MR) is 79.9 cm³/mol. The summed E-state index contributed by atoms with van der Waals surface area (Å²) in [4.78, 5) is 16.6. The van der Waals surface area contributed by atoms with Crippen molar-refractivity contribution < 1.29 is 14.3 Å². The van der Waals surface area contributed by atoms with Crippen molar-refractivity contribution in [2.45, 2.75) is 12.8 Å². The second-order valence-electron chi connectivity index (χ2n) is 5.44. The maximum Gasteiger partial charge on any atom is 0.164 e. The number of carbonyl (C=O) groups excluding carboxylic acids is 1. The molecule has 0 aromatic heterocycles. The van der Waals surface area contributed by atoms with Gasteiger partial charge in [0.15, 0.2) is 5.78 Å². The average molecular weight is 294 g/mol. The van der Waals surface area contributed by atoms with Crippen molar-refractivity contribution in [1.82, 2.24) is 9.80 Å². The SMILES string of the molecule is O=C(CCN1CCCN(CCO)CC1)c1ccc(F)cc1. The first-order valence-electron chi connectivity index (χ1n) is 7.53. The molecular formula is C16H23FN2O2. The third kappa shape index (κ3) is 5.19. The van der Waals surface area contributed by atoms with Crippen molar-refractivity contribution >= 4 is 5.78 Å². The fraction of sp³-hybridized carbons (Fsp3) is 0.562. The van der Waals surface area contributed by atoms with E-state index in [0.717, 1.165) is 45.7 Å². The third-order valence-electron chi connectivity index (χ3n) is 3.92. The maximum atomic E-state index is 12.8. The lowest BCUT2D eigenvalue weighted by Crippen LogP contribution is -2.33. The molecule has 5 heteroatoms. The lowest BCUT2D eigenvalue weighted by molar-refractivity contribution is 0.0964. The maximum absolute atomic E-state index is 12.8. The number of ketones is 1. The normalized spacial score (nSPS) is 17.6. The van der Waals surface area contributed by atoms with Gasteiger partial charge in [-0.3, -0.25) is 9.69 Å². The van der Waals surface area contributed by atoms with Gasteiger partial charge in [0.25, 0.3) is 0 Å². The molecular weight excluding hydrogens is 271 g/mol. The zero-order chi connectivity index (χ0) is 15.1. The summed E-state index contributed by atoms with van der Waals surface area (Å²) in [6, 6.07) is 5.74. The summed E-state index contributed by atoms with van der Waals surface area (Å²) in [5.41, 5.74) is 0.577. The van der Waals surface area contributed by atoms with E-state index in [-0.39, 0.29) is 18.2 Å². The Balaban J connectivity index is 1.77. The van der Waals surface area contributed by atoms with Gasteiger partial charge < -0.3 is 10.0 Å². The molecule has 1 saturated heterocycles. The molecule has 1 aromatic carbocycles. The van der Waals surface area contributed by atoms with Crippen molar-refractivity contribution in [1.29, 1.82) is 0 Å². The number of aliphatic hydroxyl groups excluding tert-OH is 1. The summed E-state index contributed by atoms with van der Waals surface area (Å²) >= 11 is 0. The van der Waals surface area contributed by atoms with E-state index in [1.807, 2.05) is 0 Å². The minimum Gasteiger partial charge on any atom is -0.395 e. The van der Waals surface area contributed by atoms with E-state index < -0.39 is 0 Å². The quantitative estimate of drug-likeness (QED) is 0.806. The number of benzene rings is 1. The zero-order valence-corrected chi connectivity index (χ0v) is 12.3.